The van der Waals surface area contributed by atoms with Gasteiger partial charge in [0.15, 0.2) is 0 Å². The molecule has 1 aromatic rings. The summed E-state index contributed by atoms with van der Waals surface area (Å²) in [4.78, 5) is 0. The van der Waals surface area contributed by atoms with Crippen molar-refractivity contribution in [2.75, 3.05) is 0 Å². The van der Waals surface area contributed by atoms with Crippen molar-refractivity contribution in [1.82, 2.24) is 5.32 Å². The van der Waals surface area contributed by atoms with Crippen LogP contribution in [0.5, 0.6) is 0 Å². The maximum absolute atomic E-state index is 4.95. The third-order valence-electron chi connectivity index (χ3n) is 4.80. The molecule has 1 heteroatoms. The molecule has 1 atom stereocenters. The van der Waals surface area contributed by atoms with E-state index in [1.807, 2.05) is 0 Å². The van der Waals surface area contributed by atoms with Gasteiger partial charge in [-0.1, -0.05) is 57.2 Å². The first kappa shape index (κ1) is 13.7. The largest absolute Gasteiger partial charge is 0.252 e. The molecule has 1 radical (unpaired) electrons. The SMILES string of the molecule is CCCCCCCC1CCCC2=C1[N]c1ccccc12. The summed E-state index contributed by atoms with van der Waals surface area (Å²) in [6, 6.07) is 8.69. The first-order valence-corrected chi connectivity index (χ1v) is 8.44. The first-order valence-electron chi connectivity index (χ1n) is 8.44. The van der Waals surface area contributed by atoms with Gasteiger partial charge in [-0.3, -0.25) is 5.32 Å². The van der Waals surface area contributed by atoms with E-state index in [2.05, 4.69) is 31.2 Å². The molecule has 1 aliphatic carbocycles. The van der Waals surface area contributed by atoms with Gasteiger partial charge in [0.1, 0.15) is 0 Å². The summed E-state index contributed by atoms with van der Waals surface area (Å²) in [5.74, 6) is 0.729. The van der Waals surface area contributed by atoms with Gasteiger partial charge in [0.05, 0.1) is 5.69 Å². The molecule has 2 aliphatic rings. The number of unbranched alkanes of at least 4 members (excludes halogenated alkanes) is 4. The van der Waals surface area contributed by atoms with Crippen LogP contribution in [0.15, 0.2) is 30.0 Å². The topological polar surface area (TPSA) is 14.1 Å². The molecular weight excluding hydrogens is 242 g/mol. The Kier molecular flexibility index (Phi) is 4.44. The number of benzene rings is 1. The maximum atomic E-state index is 4.95. The smallest absolute Gasteiger partial charge is 0.0708 e. The van der Waals surface area contributed by atoms with Gasteiger partial charge in [0, 0.05) is 17.2 Å². The minimum Gasteiger partial charge on any atom is -0.252 e. The Labute approximate surface area is 123 Å². The number of nitrogens with zero attached hydrogens (tertiary/aromatic N) is 1. The van der Waals surface area contributed by atoms with E-state index in [1.54, 1.807) is 5.57 Å². The fourth-order valence-corrected chi connectivity index (χ4v) is 3.70. The van der Waals surface area contributed by atoms with E-state index >= 15 is 0 Å². The molecule has 107 valence electrons. The Balaban J connectivity index is 1.62. The van der Waals surface area contributed by atoms with E-state index < -0.39 is 0 Å². The third-order valence-corrected chi connectivity index (χ3v) is 4.80. The Morgan fingerprint density at radius 2 is 1.95 bits per heavy atom. The second kappa shape index (κ2) is 6.47. The molecule has 1 unspecified atom stereocenters. The molecule has 0 N–H and O–H groups in total. The maximum Gasteiger partial charge on any atom is 0.0708 e. The molecule has 0 fully saturated rings. The lowest BCUT2D eigenvalue weighted by Crippen LogP contribution is -2.13. The fourth-order valence-electron chi connectivity index (χ4n) is 3.70. The number of hydrogen-bond donors (Lipinski definition) is 0. The van der Waals surface area contributed by atoms with E-state index in [9.17, 15) is 0 Å². The molecule has 0 aromatic heterocycles. The minimum atomic E-state index is 0.729. The summed E-state index contributed by atoms with van der Waals surface area (Å²) in [6.07, 6.45) is 12.2. The zero-order valence-electron chi connectivity index (χ0n) is 12.7. The quantitative estimate of drug-likeness (QED) is 0.578. The average Bonchev–Trinajstić information content (AvgIpc) is 2.87. The normalized spacial score (nSPS) is 20.6. The van der Waals surface area contributed by atoms with Crippen LogP contribution in [0, 0.1) is 5.92 Å². The molecule has 1 nitrogen and oxygen atoms in total. The predicted octanol–water partition coefficient (Wildman–Crippen LogP) is 5.81. The van der Waals surface area contributed by atoms with Crippen molar-refractivity contribution in [3.63, 3.8) is 0 Å². The highest BCUT2D eigenvalue weighted by Gasteiger charge is 2.30. The van der Waals surface area contributed by atoms with E-state index in [0.29, 0.717) is 0 Å². The first-order chi connectivity index (χ1) is 9.90. The molecule has 1 aromatic carbocycles. The van der Waals surface area contributed by atoms with Crippen molar-refractivity contribution in [2.45, 2.75) is 64.7 Å². The van der Waals surface area contributed by atoms with Crippen molar-refractivity contribution >= 4 is 11.3 Å². The summed E-state index contributed by atoms with van der Waals surface area (Å²) >= 11 is 0. The van der Waals surface area contributed by atoms with Crippen molar-refractivity contribution in [1.29, 1.82) is 0 Å². The highest BCUT2D eigenvalue weighted by atomic mass is 14.9. The predicted molar refractivity (Wildman–Crippen MR) is 85.9 cm³/mol. The summed E-state index contributed by atoms with van der Waals surface area (Å²) in [5.41, 5.74) is 5.63. The summed E-state index contributed by atoms with van der Waals surface area (Å²) in [6.45, 7) is 2.28. The van der Waals surface area contributed by atoms with E-state index in [0.717, 1.165) is 5.92 Å². The van der Waals surface area contributed by atoms with Crippen LogP contribution in [-0.2, 0) is 0 Å². The zero-order chi connectivity index (χ0) is 13.8. The lowest BCUT2D eigenvalue weighted by Gasteiger charge is -2.23. The van der Waals surface area contributed by atoms with Gasteiger partial charge in [0.2, 0.25) is 0 Å². The summed E-state index contributed by atoms with van der Waals surface area (Å²) in [7, 11) is 0. The molecule has 0 saturated heterocycles. The Bertz CT molecular complexity index is 486. The fraction of sp³-hybridized carbons (Fsp3) is 0.579. The molecule has 1 heterocycles. The van der Waals surface area contributed by atoms with E-state index in [1.165, 1.54) is 74.7 Å². The summed E-state index contributed by atoms with van der Waals surface area (Å²) < 4.78 is 0. The van der Waals surface area contributed by atoms with Crippen LogP contribution in [0.25, 0.3) is 5.57 Å². The van der Waals surface area contributed by atoms with Crippen LogP contribution in [0.1, 0.15) is 70.3 Å². The van der Waals surface area contributed by atoms with Crippen LogP contribution in [0.3, 0.4) is 0 Å². The molecule has 1 aliphatic heterocycles. The van der Waals surface area contributed by atoms with Gasteiger partial charge in [0.25, 0.3) is 0 Å². The molecule has 0 bridgehead atoms. The van der Waals surface area contributed by atoms with Crippen LogP contribution < -0.4 is 5.32 Å². The average molecular weight is 268 g/mol. The van der Waals surface area contributed by atoms with Gasteiger partial charge < -0.3 is 0 Å². The van der Waals surface area contributed by atoms with Crippen molar-refractivity contribution in [3.05, 3.63) is 35.5 Å². The summed E-state index contributed by atoms with van der Waals surface area (Å²) in [5, 5.41) is 4.95. The van der Waals surface area contributed by atoms with Gasteiger partial charge in [-0.25, -0.2) is 0 Å². The number of para-hydroxylation sites is 1. The van der Waals surface area contributed by atoms with Crippen LogP contribution in [0.2, 0.25) is 0 Å². The van der Waals surface area contributed by atoms with E-state index in [4.69, 9.17) is 5.32 Å². The van der Waals surface area contributed by atoms with Crippen LogP contribution >= 0.6 is 0 Å². The standard InChI is InChI=1S/C19H26N/c1-2-3-4-5-6-10-15-11-9-13-17-16-12-7-8-14-18(16)20-19(15)17/h7-8,12,14-15H,2-6,9-11,13H2,1H3. The van der Waals surface area contributed by atoms with Crippen LogP contribution in [-0.4, -0.2) is 0 Å². The van der Waals surface area contributed by atoms with Gasteiger partial charge in [-0.15, -0.1) is 0 Å². The Morgan fingerprint density at radius 1 is 1.10 bits per heavy atom. The molecular formula is C19H26N. The lowest BCUT2D eigenvalue weighted by atomic mass is 9.83. The monoisotopic (exact) mass is 268 g/mol. The van der Waals surface area contributed by atoms with Gasteiger partial charge in [-0.2, -0.15) is 0 Å². The second-order valence-corrected chi connectivity index (χ2v) is 6.28. The van der Waals surface area contributed by atoms with Crippen molar-refractivity contribution in [3.8, 4) is 0 Å². The third kappa shape index (κ3) is 2.77. The number of rotatable bonds is 6. The Hall–Kier alpha value is -1.24. The zero-order valence-corrected chi connectivity index (χ0v) is 12.7. The highest BCUT2D eigenvalue weighted by Crippen LogP contribution is 2.45. The lowest BCUT2D eigenvalue weighted by molar-refractivity contribution is 0.443. The van der Waals surface area contributed by atoms with Crippen molar-refractivity contribution in [2.24, 2.45) is 5.92 Å². The number of hydrogen-bond acceptors (Lipinski definition) is 0. The molecule has 0 saturated carbocycles. The number of fused-ring (bicyclic) bond motifs is 2. The molecule has 0 amide bonds. The number of allylic oxidation sites excluding steroid dienone is 2. The van der Waals surface area contributed by atoms with E-state index in [-0.39, 0.29) is 0 Å². The van der Waals surface area contributed by atoms with Gasteiger partial charge >= 0.3 is 0 Å². The van der Waals surface area contributed by atoms with Crippen molar-refractivity contribution < 1.29 is 0 Å². The minimum absolute atomic E-state index is 0.729. The van der Waals surface area contributed by atoms with Gasteiger partial charge in [-0.05, 0) is 37.3 Å². The highest BCUT2D eigenvalue weighted by molar-refractivity contribution is 5.82. The Morgan fingerprint density at radius 3 is 2.85 bits per heavy atom. The molecule has 3 rings (SSSR count). The molecule has 20 heavy (non-hydrogen) atoms. The second-order valence-electron chi connectivity index (χ2n) is 6.28. The molecule has 0 spiro atoms. The van der Waals surface area contributed by atoms with Crippen LogP contribution in [0.4, 0.5) is 5.69 Å².